The molecule has 4 rings (SSSR count). The Bertz CT molecular complexity index is 1410. The van der Waals surface area contributed by atoms with Crippen LogP contribution in [-0.2, 0) is 24.5 Å². The van der Waals surface area contributed by atoms with E-state index in [1.54, 1.807) is 35.2 Å². The van der Waals surface area contributed by atoms with Crippen LogP contribution in [0.25, 0.3) is 6.08 Å². The molecule has 1 saturated heterocycles. The summed E-state index contributed by atoms with van der Waals surface area (Å²) in [7, 11) is 0. The molecule has 0 aromatic heterocycles. The van der Waals surface area contributed by atoms with Crippen molar-refractivity contribution in [3.8, 4) is 0 Å². The van der Waals surface area contributed by atoms with Gasteiger partial charge in [-0.15, -0.1) is 0 Å². The molecule has 1 aliphatic rings. The molecular formula is C33H39N5O4. The number of anilines is 3. The first-order valence-corrected chi connectivity index (χ1v) is 14.0. The predicted octanol–water partition coefficient (Wildman–Crippen LogP) is 4.35. The number of carbonyl (C=O) groups is 3. The number of nitrogens with one attached hydrogen (secondary N) is 3. The van der Waals surface area contributed by atoms with Gasteiger partial charge in [-0.1, -0.05) is 69.3 Å². The van der Waals surface area contributed by atoms with Crippen LogP contribution >= 0.6 is 0 Å². The Hall–Kier alpha value is -4.47. The lowest BCUT2D eigenvalue weighted by Crippen LogP contribution is -2.46. The van der Waals surface area contributed by atoms with Crippen LogP contribution < -0.4 is 21.7 Å². The van der Waals surface area contributed by atoms with E-state index in [0.29, 0.717) is 48.9 Å². The van der Waals surface area contributed by atoms with Gasteiger partial charge in [-0.2, -0.15) is 0 Å². The molecule has 1 aliphatic heterocycles. The van der Waals surface area contributed by atoms with Gasteiger partial charge in [0.15, 0.2) is 0 Å². The van der Waals surface area contributed by atoms with Gasteiger partial charge in [-0.05, 0) is 52.4 Å². The van der Waals surface area contributed by atoms with Crippen LogP contribution in [0.5, 0.6) is 0 Å². The van der Waals surface area contributed by atoms with E-state index in [1.165, 1.54) is 6.08 Å². The molecule has 1 atom stereocenters. The molecule has 1 heterocycles. The van der Waals surface area contributed by atoms with Crippen molar-refractivity contribution in [2.75, 3.05) is 49.2 Å². The standard InChI is InChI=1S/C33H39N5O4/c1-33(2,3)25-13-15-26(16-14-25)36-32(41)31(35-22-30(40)38-18-20-42-21-19-38)24-11-8-23(9-12-24)10-17-29(39)37-28-7-5-4-6-27(28)34/h4-17,31,35H,18-22,34H2,1-3H3,(H,36,41)(H,37,39)/b17-10+. The molecule has 0 spiro atoms. The molecule has 3 amide bonds. The number of ether oxygens (including phenoxy) is 1. The van der Waals surface area contributed by atoms with Gasteiger partial charge >= 0.3 is 0 Å². The minimum Gasteiger partial charge on any atom is -0.397 e. The number of para-hydroxylation sites is 2. The van der Waals surface area contributed by atoms with Crippen molar-refractivity contribution in [1.29, 1.82) is 0 Å². The number of benzene rings is 3. The molecule has 3 aromatic carbocycles. The van der Waals surface area contributed by atoms with Crippen LogP contribution in [0.1, 0.15) is 43.5 Å². The third-order valence-electron chi connectivity index (χ3n) is 7.02. The molecular weight excluding hydrogens is 530 g/mol. The number of nitrogens with two attached hydrogens (primary N) is 1. The van der Waals surface area contributed by atoms with Crippen LogP contribution in [0.4, 0.5) is 17.1 Å². The van der Waals surface area contributed by atoms with E-state index in [0.717, 1.165) is 11.1 Å². The fourth-order valence-electron chi connectivity index (χ4n) is 4.50. The van der Waals surface area contributed by atoms with E-state index in [1.807, 2.05) is 48.5 Å². The molecule has 9 nitrogen and oxygen atoms in total. The van der Waals surface area contributed by atoms with E-state index in [4.69, 9.17) is 10.5 Å². The third-order valence-corrected chi connectivity index (χ3v) is 7.02. The molecule has 42 heavy (non-hydrogen) atoms. The minimum absolute atomic E-state index is 0.00173. The van der Waals surface area contributed by atoms with Gasteiger partial charge < -0.3 is 26.0 Å². The third kappa shape index (κ3) is 8.52. The topological polar surface area (TPSA) is 126 Å². The summed E-state index contributed by atoms with van der Waals surface area (Å²) in [5.41, 5.74) is 10.2. The van der Waals surface area contributed by atoms with E-state index < -0.39 is 6.04 Å². The number of amides is 3. The van der Waals surface area contributed by atoms with Crippen LogP contribution in [0.15, 0.2) is 78.9 Å². The van der Waals surface area contributed by atoms with Crippen molar-refractivity contribution in [1.82, 2.24) is 10.2 Å². The van der Waals surface area contributed by atoms with Crippen molar-refractivity contribution >= 4 is 40.9 Å². The van der Waals surface area contributed by atoms with Gasteiger partial charge in [0.05, 0.1) is 31.1 Å². The summed E-state index contributed by atoms with van der Waals surface area (Å²) in [5, 5.41) is 8.89. The molecule has 1 unspecified atom stereocenters. The number of hydrogen-bond acceptors (Lipinski definition) is 6. The number of nitrogen functional groups attached to an aromatic ring is 1. The molecule has 5 N–H and O–H groups in total. The monoisotopic (exact) mass is 569 g/mol. The number of nitrogens with zero attached hydrogens (tertiary/aromatic N) is 1. The SMILES string of the molecule is CC(C)(C)c1ccc(NC(=O)C(NCC(=O)N2CCOCC2)c2ccc(/C=C/C(=O)Nc3ccccc3N)cc2)cc1. The number of hydrogen-bond donors (Lipinski definition) is 4. The molecule has 3 aromatic rings. The van der Waals surface area contributed by atoms with Gasteiger partial charge in [-0.25, -0.2) is 0 Å². The lowest BCUT2D eigenvalue weighted by Gasteiger charge is -2.28. The number of rotatable bonds is 9. The van der Waals surface area contributed by atoms with Crippen LogP contribution in [0, 0.1) is 0 Å². The zero-order valence-electron chi connectivity index (χ0n) is 24.4. The highest BCUT2D eigenvalue weighted by atomic mass is 16.5. The Morgan fingerprint density at radius 1 is 0.929 bits per heavy atom. The maximum absolute atomic E-state index is 13.5. The van der Waals surface area contributed by atoms with Crippen molar-refractivity contribution in [3.63, 3.8) is 0 Å². The smallest absolute Gasteiger partial charge is 0.248 e. The van der Waals surface area contributed by atoms with Crippen molar-refractivity contribution < 1.29 is 19.1 Å². The maximum atomic E-state index is 13.5. The molecule has 0 saturated carbocycles. The average Bonchev–Trinajstić information content (AvgIpc) is 2.98. The summed E-state index contributed by atoms with van der Waals surface area (Å²) in [6, 6.07) is 21.3. The molecule has 0 radical (unpaired) electrons. The summed E-state index contributed by atoms with van der Waals surface area (Å²) in [4.78, 5) is 40.4. The van der Waals surface area contributed by atoms with E-state index in [9.17, 15) is 14.4 Å². The van der Waals surface area contributed by atoms with E-state index in [2.05, 4.69) is 36.7 Å². The van der Waals surface area contributed by atoms with Gasteiger partial charge in [-0.3, -0.25) is 19.7 Å². The van der Waals surface area contributed by atoms with Crippen molar-refractivity contribution in [2.24, 2.45) is 0 Å². The van der Waals surface area contributed by atoms with Crippen LogP contribution in [0.3, 0.4) is 0 Å². The predicted molar refractivity (Wildman–Crippen MR) is 167 cm³/mol. The first kappa shape index (κ1) is 30.5. The summed E-state index contributed by atoms with van der Waals surface area (Å²) in [6.45, 7) is 8.48. The minimum atomic E-state index is -0.778. The Labute approximate surface area is 247 Å². The Kier molecular flexibility index (Phi) is 10.1. The van der Waals surface area contributed by atoms with Crippen molar-refractivity contribution in [2.45, 2.75) is 32.2 Å². The first-order valence-electron chi connectivity index (χ1n) is 14.0. The van der Waals surface area contributed by atoms with Gasteiger partial charge in [0.1, 0.15) is 6.04 Å². The van der Waals surface area contributed by atoms with Crippen LogP contribution in [0.2, 0.25) is 0 Å². The molecule has 9 heteroatoms. The highest BCUT2D eigenvalue weighted by Crippen LogP contribution is 2.24. The quantitative estimate of drug-likeness (QED) is 0.224. The molecule has 0 bridgehead atoms. The zero-order chi connectivity index (χ0) is 30.1. The largest absolute Gasteiger partial charge is 0.397 e. The summed E-state index contributed by atoms with van der Waals surface area (Å²) >= 11 is 0. The number of morpholine rings is 1. The second-order valence-electron chi connectivity index (χ2n) is 11.2. The summed E-state index contributed by atoms with van der Waals surface area (Å²) in [6.07, 6.45) is 3.10. The normalized spacial score (nSPS) is 14.4. The van der Waals surface area contributed by atoms with Gasteiger partial charge in [0.25, 0.3) is 0 Å². The van der Waals surface area contributed by atoms with E-state index >= 15 is 0 Å². The lowest BCUT2D eigenvalue weighted by atomic mass is 9.87. The first-order chi connectivity index (χ1) is 20.1. The van der Waals surface area contributed by atoms with Crippen LogP contribution in [-0.4, -0.2) is 55.5 Å². The molecule has 0 aliphatic carbocycles. The van der Waals surface area contributed by atoms with Gasteiger partial charge in [0, 0.05) is 24.9 Å². The summed E-state index contributed by atoms with van der Waals surface area (Å²) < 4.78 is 5.34. The molecule has 1 fully saturated rings. The Morgan fingerprint density at radius 2 is 1.60 bits per heavy atom. The lowest BCUT2D eigenvalue weighted by molar-refractivity contribution is -0.134. The second-order valence-corrected chi connectivity index (χ2v) is 11.2. The second kappa shape index (κ2) is 13.9. The Morgan fingerprint density at radius 3 is 2.24 bits per heavy atom. The van der Waals surface area contributed by atoms with Gasteiger partial charge in [0.2, 0.25) is 17.7 Å². The fourth-order valence-corrected chi connectivity index (χ4v) is 4.50. The number of carbonyl (C=O) groups excluding carboxylic acids is 3. The highest BCUT2D eigenvalue weighted by Gasteiger charge is 2.24. The van der Waals surface area contributed by atoms with E-state index in [-0.39, 0.29) is 29.7 Å². The fraction of sp³-hybridized carbons (Fsp3) is 0.303. The highest BCUT2D eigenvalue weighted by molar-refractivity contribution is 6.03. The maximum Gasteiger partial charge on any atom is 0.248 e. The molecule has 220 valence electrons. The average molecular weight is 570 g/mol. The van der Waals surface area contributed by atoms with Crippen molar-refractivity contribution in [3.05, 3.63) is 95.6 Å². The Balaban J connectivity index is 1.46. The summed E-state index contributed by atoms with van der Waals surface area (Å²) in [5.74, 6) is -0.679. The zero-order valence-corrected chi connectivity index (χ0v) is 24.4.